The first-order valence-electron chi connectivity index (χ1n) is 6.19. The molecule has 2 nitrogen and oxygen atoms in total. The van der Waals surface area contributed by atoms with Crippen molar-refractivity contribution in [3.63, 3.8) is 0 Å². The van der Waals surface area contributed by atoms with E-state index in [0.29, 0.717) is 6.42 Å². The lowest BCUT2D eigenvalue weighted by Crippen LogP contribution is -2.51. The van der Waals surface area contributed by atoms with Crippen molar-refractivity contribution in [2.45, 2.75) is 31.2 Å². The first-order chi connectivity index (χ1) is 8.29. The number of hydrogen-bond acceptors (Lipinski definition) is 2. The van der Waals surface area contributed by atoms with Crippen molar-refractivity contribution in [1.82, 2.24) is 5.32 Å². The average molecular weight is 272 g/mol. The Kier molecular flexibility index (Phi) is 5.76. The molecule has 1 fully saturated rings. The maximum atomic E-state index is 12.4. The van der Waals surface area contributed by atoms with Crippen LogP contribution in [0.3, 0.4) is 0 Å². The minimum absolute atomic E-state index is 0. The van der Waals surface area contributed by atoms with Gasteiger partial charge >= 0.3 is 0 Å². The molecule has 0 spiro atoms. The summed E-state index contributed by atoms with van der Waals surface area (Å²) in [6.07, 6.45) is 3.33. The first-order valence-corrected chi connectivity index (χ1v) is 6.19. The Hall–Kier alpha value is -0.930. The second kappa shape index (κ2) is 6.86. The van der Waals surface area contributed by atoms with Gasteiger partial charge in [-0.1, -0.05) is 36.8 Å². The number of rotatable bonds is 4. The number of hydrogen-bond donors (Lipinski definition) is 1. The maximum absolute atomic E-state index is 12.4. The van der Waals surface area contributed by atoms with E-state index in [4.69, 9.17) is 0 Å². The van der Waals surface area contributed by atoms with E-state index in [2.05, 4.69) is 5.32 Å². The molecule has 1 N–H and O–H groups in total. The van der Waals surface area contributed by atoms with E-state index in [0.717, 1.165) is 24.8 Å². The van der Waals surface area contributed by atoms with Crippen LogP contribution in [-0.4, -0.2) is 19.0 Å². The van der Waals surface area contributed by atoms with Crippen molar-refractivity contribution in [3.8, 4) is 0 Å². The number of ketones is 1. The minimum Gasteiger partial charge on any atom is -0.299 e. The minimum atomic E-state index is -0.647. The molecule has 0 aliphatic heterocycles. The number of benzene rings is 1. The summed E-state index contributed by atoms with van der Waals surface area (Å²) < 4.78 is 12.4. The van der Waals surface area contributed by atoms with Gasteiger partial charge < -0.3 is 0 Å². The van der Waals surface area contributed by atoms with Gasteiger partial charge in [0.05, 0.1) is 0 Å². The number of alkyl halides is 1. The Morgan fingerprint density at radius 3 is 2.56 bits per heavy atom. The van der Waals surface area contributed by atoms with Crippen molar-refractivity contribution in [1.29, 1.82) is 0 Å². The van der Waals surface area contributed by atoms with E-state index >= 15 is 0 Å². The summed E-state index contributed by atoms with van der Waals surface area (Å²) in [5.74, 6) is 0.198. The highest BCUT2D eigenvalue weighted by Crippen LogP contribution is 2.34. The predicted octanol–water partition coefficient (Wildman–Crippen LogP) is 3.01. The smallest absolute Gasteiger partial charge is 0.157 e. The highest BCUT2D eigenvalue weighted by Gasteiger charge is 2.40. The maximum Gasteiger partial charge on any atom is 0.157 e. The summed E-state index contributed by atoms with van der Waals surface area (Å²) in [7, 11) is 0. The van der Waals surface area contributed by atoms with Crippen molar-refractivity contribution < 1.29 is 9.18 Å². The normalized spacial score (nSPS) is 23.5. The third-order valence-corrected chi connectivity index (χ3v) is 3.47. The fourth-order valence-electron chi connectivity index (χ4n) is 2.61. The average Bonchev–Trinajstić information content (AvgIpc) is 2.39. The Bertz CT molecular complexity index is 385. The molecule has 2 rings (SSSR count). The van der Waals surface area contributed by atoms with Crippen molar-refractivity contribution >= 4 is 18.2 Å². The molecule has 1 aromatic rings. The van der Waals surface area contributed by atoms with Crippen LogP contribution in [0.2, 0.25) is 0 Å². The highest BCUT2D eigenvalue weighted by molar-refractivity contribution is 5.90. The molecular weight excluding hydrogens is 253 g/mol. The van der Waals surface area contributed by atoms with Crippen LogP contribution in [-0.2, 0) is 10.3 Å². The molecule has 1 aliphatic carbocycles. The molecule has 100 valence electrons. The lowest BCUT2D eigenvalue weighted by Gasteiger charge is -2.37. The number of Topliss-reactive ketones (excluding diaryl/α,β-unsaturated/α-hetero) is 1. The fourth-order valence-corrected chi connectivity index (χ4v) is 2.61. The van der Waals surface area contributed by atoms with E-state index in [1.807, 2.05) is 30.3 Å². The van der Waals surface area contributed by atoms with Gasteiger partial charge in [-0.2, -0.15) is 0 Å². The lowest BCUT2D eigenvalue weighted by atomic mass is 9.75. The number of halogens is 2. The third-order valence-electron chi connectivity index (χ3n) is 3.47. The molecule has 1 atom stereocenters. The van der Waals surface area contributed by atoms with E-state index < -0.39 is 12.2 Å². The zero-order valence-electron chi connectivity index (χ0n) is 10.3. The molecule has 18 heavy (non-hydrogen) atoms. The molecule has 0 heterocycles. The summed E-state index contributed by atoms with van der Waals surface area (Å²) in [5.41, 5.74) is 0.323. The molecule has 1 unspecified atom stereocenters. The molecule has 1 saturated carbocycles. The van der Waals surface area contributed by atoms with Gasteiger partial charge in [0.25, 0.3) is 0 Å². The van der Waals surface area contributed by atoms with E-state index in [1.54, 1.807) is 0 Å². The predicted molar refractivity (Wildman–Crippen MR) is 72.8 cm³/mol. The summed E-state index contributed by atoms with van der Waals surface area (Å²) in [5, 5.41) is 3.13. The summed E-state index contributed by atoms with van der Waals surface area (Å²) in [4.78, 5) is 12.2. The molecule has 0 aromatic heterocycles. The topological polar surface area (TPSA) is 29.1 Å². The van der Waals surface area contributed by atoms with Crippen molar-refractivity contribution in [2.24, 2.45) is 0 Å². The standard InChI is InChI=1S/C14H18FNO.ClH/c15-10-11-16-14(9-5-4-8-13(14)17)12-6-2-1-3-7-12;/h1-3,6-7,16H,4-5,8-11H2;1H. The third kappa shape index (κ3) is 2.90. The van der Waals surface area contributed by atoms with E-state index in [9.17, 15) is 9.18 Å². The van der Waals surface area contributed by atoms with Crippen LogP contribution in [0.5, 0.6) is 0 Å². The van der Waals surface area contributed by atoms with Crippen LogP contribution < -0.4 is 5.32 Å². The lowest BCUT2D eigenvalue weighted by molar-refractivity contribution is -0.128. The van der Waals surface area contributed by atoms with Crippen LogP contribution in [0.15, 0.2) is 30.3 Å². The number of nitrogens with one attached hydrogen (secondary N) is 1. The Labute approximate surface area is 113 Å². The summed E-state index contributed by atoms with van der Waals surface area (Å²) in [6, 6.07) is 9.69. The molecule has 1 aliphatic rings. The monoisotopic (exact) mass is 271 g/mol. The molecule has 0 radical (unpaired) electrons. The second-order valence-corrected chi connectivity index (χ2v) is 4.52. The Morgan fingerprint density at radius 2 is 1.94 bits per heavy atom. The number of carbonyl (C=O) groups excluding carboxylic acids is 1. The zero-order chi connectivity index (χ0) is 12.1. The van der Waals surface area contributed by atoms with Crippen LogP contribution in [0.1, 0.15) is 31.2 Å². The van der Waals surface area contributed by atoms with Crippen LogP contribution in [0.4, 0.5) is 4.39 Å². The molecule has 0 bridgehead atoms. The van der Waals surface area contributed by atoms with E-state index in [-0.39, 0.29) is 24.7 Å². The van der Waals surface area contributed by atoms with Gasteiger partial charge in [-0.05, 0) is 18.4 Å². The van der Waals surface area contributed by atoms with Gasteiger partial charge in [-0.25, -0.2) is 4.39 Å². The fraction of sp³-hybridized carbons (Fsp3) is 0.500. The highest BCUT2D eigenvalue weighted by atomic mass is 35.5. The molecule has 0 amide bonds. The zero-order valence-corrected chi connectivity index (χ0v) is 11.1. The van der Waals surface area contributed by atoms with Gasteiger partial charge in [0.15, 0.2) is 5.78 Å². The molecule has 4 heteroatoms. The van der Waals surface area contributed by atoms with Gasteiger partial charge in [0, 0.05) is 13.0 Å². The van der Waals surface area contributed by atoms with Crippen molar-refractivity contribution in [2.75, 3.05) is 13.2 Å². The van der Waals surface area contributed by atoms with Gasteiger partial charge in [-0.15, -0.1) is 12.4 Å². The molecule has 0 saturated heterocycles. The summed E-state index contributed by atoms with van der Waals surface area (Å²) in [6.45, 7) is -0.206. The molecular formula is C14H19ClFNO. The van der Waals surface area contributed by atoms with Crippen LogP contribution >= 0.6 is 12.4 Å². The Morgan fingerprint density at radius 1 is 1.22 bits per heavy atom. The largest absolute Gasteiger partial charge is 0.299 e. The Balaban J connectivity index is 0.00000162. The molecule has 1 aromatic carbocycles. The number of carbonyl (C=O) groups is 1. The second-order valence-electron chi connectivity index (χ2n) is 4.52. The quantitative estimate of drug-likeness (QED) is 0.912. The first kappa shape index (κ1) is 15.1. The van der Waals surface area contributed by atoms with Gasteiger partial charge in [0.2, 0.25) is 0 Å². The van der Waals surface area contributed by atoms with Crippen LogP contribution in [0, 0.1) is 0 Å². The van der Waals surface area contributed by atoms with Gasteiger partial charge in [0.1, 0.15) is 12.2 Å². The van der Waals surface area contributed by atoms with E-state index in [1.165, 1.54) is 0 Å². The van der Waals surface area contributed by atoms with Crippen molar-refractivity contribution in [3.05, 3.63) is 35.9 Å². The summed E-state index contributed by atoms with van der Waals surface area (Å²) >= 11 is 0. The van der Waals surface area contributed by atoms with Crippen LogP contribution in [0.25, 0.3) is 0 Å². The SMILES string of the molecule is Cl.O=C1CCCCC1(NCCF)c1ccccc1. The van der Waals surface area contributed by atoms with Gasteiger partial charge in [-0.3, -0.25) is 10.1 Å².